The lowest BCUT2D eigenvalue weighted by Crippen LogP contribution is -2.43. The molecular weight excluding hydrogens is 384 g/mol. The lowest BCUT2D eigenvalue weighted by molar-refractivity contribution is -0.134. The third kappa shape index (κ3) is 4.03. The highest BCUT2D eigenvalue weighted by Gasteiger charge is 2.50. The van der Waals surface area contributed by atoms with Gasteiger partial charge in [-0.25, -0.2) is 13.6 Å². The summed E-state index contributed by atoms with van der Waals surface area (Å²) in [5.41, 5.74) is -1.32. The molecule has 7 nitrogen and oxygen atoms in total. The highest BCUT2D eigenvalue weighted by atomic mass is 19.1. The number of methoxy groups -OCH3 is 1. The van der Waals surface area contributed by atoms with Crippen molar-refractivity contribution < 1.29 is 27.9 Å². The van der Waals surface area contributed by atoms with E-state index in [-0.39, 0.29) is 12.1 Å². The number of amides is 4. The molecule has 0 bridgehead atoms. The summed E-state index contributed by atoms with van der Waals surface area (Å²) in [5, 5.41) is 4.95. The second-order valence-electron chi connectivity index (χ2n) is 6.70. The van der Waals surface area contributed by atoms with E-state index in [9.17, 15) is 23.2 Å². The number of ether oxygens (including phenoxy) is 1. The van der Waals surface area contributed by atoms with E-state index in [0.29, 0.717) is 10.6 Å². The van der Waals surface area contributed by atoms with Gasteiger partial charge in [-0.05, 0) is 42.8 Å². The summed E-state index contributed by atoms with van der Waals surface area (Å²) in [4.78, 5) is 37.9. The standard InChI is InChI=1S/C20H19F2N3O4/c1-20(15-9-13(21)5-8-16(15)22)18(27)25(19(28)24-20)11-17(26)23-10-12-3-6-14(29-2)7-4-12/h3-9H,10-11H2,1-2H3,(H,23,26)(H,24,28)/t20-/m0/s1. The number of hydrogen-bond acceptors (Lipinski definition) is 4. The average molecular weight is 403 g/mol. The lowest BCUT2D eigenvalue weighted by atomic mass is 9.91. The summed E-state index contributed by atoms with van der Waals surface area (Å²) < 4.78 is 32.7. The van der Waals surface area contributed by atoms with Crippen LogP contribution in [-0.4, -0.2) is 36.4 Å². The molecule has 0 saturated carbocycles. The van der Waals surface area contributed by atoms with Crippen LogP contribution in [0.2, 0.25) is 0 Å². The molecule has 3 rings (SSSR count). The maximum absolute atomic E-state index is 14.1. The number of rotatable bonds is 6. The van der Waals surface area contributed by atoms with E-state index >= 15 is 0 Å². The Kier molecular flexibility index (Phi) is 5.49. The Morgan fingerprint density at radius 1 is 1.17 bits per heavy atom. The van der Waals surface area contributed by atoms with Gasteiger partial charge in [0.1, 0.15) is 29.5 Å². The third-order valence-electron chi connectivity index (χ3n) is 4.69. The molecule has 4 amide bonds. The number of imide groups is 1. The molecule has 29 heavy (non-hydrogen) atoms. The van der Waals surface area contributed by atoms with Crippen molar-refractivity contribution in [1.29, 1.82) is 0 Å². The molecule has 0 aromatic heterocycles. The highest BCUT2D eigenvalue weighted by Crippen LogP contribution is 2.31. The topological polar surface area (TPSA) is 87.7 Å². The van der Waals surface area contributed by atoms with E-state index in [2.05, 4.69) is 10.6 Å². The second kappa shape index (κ2) is 7.86. The first-order valence-corrected chi connectivity index (χ1v) is 8.74. The molecule has 1 heterocycles. The average Bonchev–Trinajstić information content (AvgIpc) is 2.92. The van der Waals surface area contributed by atoms with Crippen LogP contribution in [0.1, 0.15) is 18.1 Å². The van der Waals surface area contributed by atoms with Crippen LogP contribution in [0.3, 0.4) is 0 Å². The fraction of sp³-hybridized carbons (Fsp3) is 0.250. The Balaban J connectivity index is 1.67. The van der Waals surface area contributed by atoms with E-state index in [1.165, 1.54) is 6.92 Å². The third-order valence-corrected chi connectivity index (χ3v) is 4.69. The highest BCUT2D eigenvalue weighted by molar-refractivity contribution is 6.09. The Bertz CT molecular complexity index is 965. The number of carbonyl (C=O) groups is 3. The first-order valence-electron chi connectivity index (χ1n) is 8.74. The van der Waals surface area contributed by atoms with Gasteiger partial charge in [0.25, 0.3) is 5.91 Å². The SMILES string of the molecule is COc1ccc(CNC(=O)CN2C(=O)N[C@@](C)(c3cc(F)ccc3F)C2=O)cc1. The molecule has 1 fully saturated rings. The van der Waals surface area contributed by atoms with Gasteiger partial charge in [0, 0.05) is 12.1 Å². The smallest absolute Gasteiger partial charge is 0.325 e. The van der Waals surface area contributed by atoms with Crippen LogP contribution in [-0.2, 0) is 21.7 Å². The van der Waals surface area contributed by atoms with Crippen molar-refractivity contribution in [2.75, 3.05) is 13.7 Å². The molecular formula is C20H19F2N3O4. The fourth-order valence-corrected chi connectivity index (χ4v) is 3.05. The zero-order chi connectivity index (χ0) is 21.2. The lowest BCUT2D eigenvalue weighted by Gasteiger charge is -2.22. The molecule has 0 unspecified atom stereocenters. The van der Waals surface area contributed by atoms with E-state index in [1.54, 1.807) is 31.4 Å². The molecule has 1 atom stereocenters. The molecule has 2 N–H and O–H groups in total. The number of nitrogens with zero attached hydrogens (tertiary/aromatic N) is 1. The summed E-state index contributed by atoms with van der Waals surface area (Å²) in [6.07, 6.45) is 0. The number of halogens is 2. The Hall–Kier alpha value is -3.49. The van der Waals surface area contributed by atoms with Gasteiger partial charge in [-0.2, -0.15) is 0 Å². The van der Waals surface area contributed by atoms with Crippen molar-refractivity contribution in [1.82, 2.24) is 15.5 Å². The minimum atomic E-state index is -1.81. The molecule has 1 saturated heterocycles. The normalized spacial score (nSPS) is 18.6. The summed E-state index contributed by atoms with van der Waals surface area (Å²) in [5.74, 6) is -2.34. The Labute approximate surface area is 165 Å². The summed E-state index contributed by atoms with van der Waals surface area (Å²) in [6.45, 7) is 0.899. The van der Waals surface area contributed by atoms with Crippen molar-refractivity contribution in [3.8, 4) is 5.75 Å². The molecule has 2 aromatic rings. The molecule has 1 aliphatic rings. The van der Waals surface area contributed by atoms with Crippen LogP contribution >= 0.6 is 0 Å². The molecule has 152 valence electrons. The van der Waals surface area contributed by atoms with Crippen LogP contribution in [0.25, 0.3) is 0 Å². The van der Waals surface area contributed by atoms with Crippen molar-refractivity contribution >= 4 is 17.8 Å². The second-order valence-corrected chi connectivity index (χ2v) is 6.70. The van der Waals surface area contributed by atoms with Crippen LogP contribution in [0.5, 0.6) is 5.75 Å². The fourth-order valence-electron chi connectivity index (χ4n) is 3.05. The Morgan fingerprint density at radius 3 is 2.52 bits per heavy atom. The zero-order valence-corrected chi connectivity index (χ0v) is 15.8. The van der Waals surface area contributed by atoms with Gasteiger partial charge < -0.3 is 15.4 Å². The summed E-state index contributed by atoms with van der Waals surface area (Å²) in [6, 6.07) is 8.76. The molecule has 0 aliphatic carbocycles. The predicted molar refractivity (Wildman–Crippen MR) is 98.8 cm³/mol. The van der Waals surface area contributed by atoms with Crippen LogP contribution < -0.4 is 15.4 Å². The monoisotopic (exact) mass is 403 g/mol. The van der Waals surface area contributed by atoms with Gasteiger partial charge in [-0.3, -0.25) is 14.5 Å². The quantitative estimate of drug-likeness (QED) is 0.723. The van der Waals surface area contributed by atoms with Crippen molar-refractivity contribution in [2.45, 2.75) is 19.0 Å². The van der Waals surface area contributed by atoms with Gasteiger partial charge in [-0.15, -0.1) is 0 Å². The van der Waals surface area contributed by atoms with Gasteiger partial charge in [0.2, 0.25) is 5.91 Å². The number of carbonyl (C=O) groups excluding carboxylic acids is 3. The van der Waals surface area contributed by atoms with Crippen molar-refractivity contribution in [2.24, 2.45) is 0 Å². The molecule has 9 heteroatoms. The van der Waals surface area contributed by atoms with Gasteiger partial charge >= 0.3 is 6.03 Å². The van der Waals surface area contributed by atoms with E-state index < -0.39 is 41.6 Å². The molecule has 2 aromatic carbocycles. The number of nitrogens with one attached hydrogen (secondary N) is 2. The molecule has 0 spiro atoms. The van der Waals surface area contributed by atoms with Crippen molar-refractivity contribution in [3.05, 3.63) is 65.2 Å². The largest absolute Gasteiger partial charge is 0.497 e. The Morgan fingerprint density at radius 2 is 1.86 bits per heavy atom. The first kappa shape index (κ1) is 20.2. The number of urea groups is 1. The van der Waals surface area contributed by atoms with Crippen LogP contribution in [0.4, 0.5) is 13.6 Å². The molecule has 0 radical (unpaired) electrons. The zero-order valence-electron chi connectivity index (χ0n) is 15.8. The number of hydrogen-bond donors (Lipinski definition) is 2. The van der Waals surface area contributed by atoms with Gasteiger partial charge in [-0.1, -0.05) is 12.1 Å². The summed E-state index contributed by atoms with van der Waals surface area (Å²) >= 11 is 0. The van der Waals surface area contributed by atoms with E-state index in [1.807, 2.05) is 0 Å². The van der Waals surface area contributed by atoms with Crippen LogP contribution in [0, 0.1) is 11.6 Å². The van der Waals surface area contributed by atoms with E-state index in [0.717, 1.165) is 23.8 Å². The summed E-state index contributed by atoms with van der Waals surface area (Å²) in [7, 11) is 1.54. The number of benzene rings is 2. The predicted octanol–water partition coefficient (Wildman–Crippen LogP) is 2.06. The maximum atomic E-state index is 14.1. The minimum absolute atomic E-state index is 0.183. The first-order chi connectivity index (χ1) is 13.7. The van der Waals surface area contributed by atoms with Crippen LogP contribution in [0.15, 0.2) is 42.5 Å². The molecule has 1 aliphatic heterocycles. The van der Waals surface area contributed by atoms with Gasteiger partial charge in [0.15, 0.2) is 0 Å². The van der Waals surface area contributed by atoms with E-state index in [4.69, 9.17) is 4.74 Å². The van der Waals surface area contributed by atoms with Gasteiger partial charge in [0.05, 0.1) is 7.11 Å². The van der Waals surface area contributed by atoms with Crippen molar-refractivity contribution in [3.63, 3.8) is 0 Å². The maximum Gasteiger partial charge on any atom is 0.325 e. The minimum Gasteiger partial charge on any atom is -0.497 e.